The van der Waals surface area contributed by atoms with Gasteiger partial charge >= 0.3 is 0 Å². The Balaban J connectivity index is 2.88. The van der Waals surface area contributed by atoms with E-state index in [2.05, 4.69) is 9.71 Å². The number of aliphatic hydroxyl groups excluding tert-OH is 1. The Hall–Kier alpha value is -0.960. The SMILES string of the molecule is COCC(CO)NS(=O)(=O)c1cn(C)c(C)n1. The van der Waals surface area contributed by atoms with Crippen molar-refractivity contribution in [2.24, 2.45) is 7.05 Å². The highest BCUT2D eigenvalue weighted by Crippen LogP contribution is 2.08. The molecule has 0 aromatic carbocycles. The molecule has 1 unspecified atom stereocenters. The molecule has 0 aliphatic carbocycles. The van der Waals surface area contributed by atoms with E-state index >= 15 is 0 Å². The van der Waals surface area contributed by atoms with Crippen molar-refractivity contribution in [3.05, 3.63) is 12.0 Å². The number of hydrogen-bond acceptors (Lipinski definition) is 5. The summed E-state index contributed by atoms with van der Waals surface area (Å²) in [6.07, 6.45) is 1.42. The monoisotopic (exact) mass is 263 g/mol. The highest BCUT2D eigenvalue weighted by molar-refractivity contribution is 7.89. The van der Waals surface area contributed by atoms with Crippen molar-refractivity contribution in [2.75, 3.05) is 20.3 Å². The number of aromatic nitrogens is 2. The lowest BCUT2D eigenvalue weighted by Gasteiger charge is -2.13. The zero-order valence-corrected chi connectivity index (χ0v) is 10.9. The molecule has 8 heteroatoms. The Morgan fingerprint density at radius 3 is 2.71 bits per heavy atom. The molecule has 1 aromatic heterocycles. The molecule has 0 aliphatic heterocycles. The number of sulfonamides is 1. The minimum absolute atomic E-state index is 0.0629. The van der Waals surface area contributed by atoms with Crippen LogP contribution in [0.5, 0.6) is 0 Å². The summed E-state index contributed by atoms with van der Waals surface area (Å²) in [6, 6.07) is -0.674. The van der Waals surface area contributed by atoms with Gasteiger partial charge in [-0.2, -0.15) is 0 Å². The van der Waals surface area contributed by atoms with Crippen LogP contribution in [0, 0.1) is 6.92 Å². The lowest BCUT2D eigenvalue weighted by molar-refractivity contribution is 0.139. The molecule has 1 rings (SSSR count). The van der Waals surface area contributed by atoms with Crippen molar-refractivity contribution in [2.45, 2.75) is 18.0 Å². The van der Waals surface area contributed by atoms with Crippen LogP contribution in [0.3, 0.4) is 0 Å². The van der Waals surface area contributed by atoms with Gasteiger partial charge in [-0.05, 0) is 6.92 Å². The third-order valence-electron chi connectivity index (χ3n) is 2.27. The number of nitrogens with one attached hydrogen (secondary N) is 1. The van der Waals surface area contributed by atoms with Gasteiger partial charge in [-0.1, -0.05) is 0 Å². The molecule has 1 aromatic rings. The summed E-state index contributed by atoms with van der Waals surface area (Å²) < 4.78 is 32.5. The smallest absolute Gasteiger partial charge is 0.260 e. The molecule has 0 fully saturated rings. The zero-order valence-electron chi connectivity index (χ0n) is 10.0. The lowest BCUT2D eigenvalue weighted by atomic mass is 10.4. The van der Waals surface area contributed by atoms with Gasteiger partial charge in [0.05, 0.1) is 19.3 Å². The van der Waals surface area contributed by atoms with E-state index in [0.29, 0.717) is 5.82 Å². The number of methoxy groups -OCH3 is 1. The molecule has 0 radical (unpaired) electrons. The maximum Gasteiger partial charge on any atom is 0.260 e. The fourth-order valence-electron chi connectivity index (χ4n) is 1.26. The van der Waals surface area contributed by atoms with Crippen LogP contribution in [-0.2, 0) is 21.8 Å². The molecule has 0 saturated heterocycles. The summed E-state index contributed by atoms with van der Waals surface area (Å²) >= 11 is 0. The van der Waals surface area contributed by atoms with E-state index < -0.39 is 16.1 Å². The highest BCUT2D eigenvalue weighted by Gasteiger charge is 2.22. The molecule has 0 bridgehead atoms. The standard InChI is InChI=1S/C9H17N3O4S/c1-7-10-9(4-12(7)2)17(14,15)11-8(5-13)6-16-3/h4,8,11,13H,5-6H2,1-3H3. The number of aliphatic hydroxyl groups is 1. The van der Waals surface area contributed by atoms with Crippen molar-refractivity contribution in [3.8, 4) is 0 Å². The van der Waals surface area contributed by atoms with Crippen LogP contribution < -0.4 is 4.72 Å². The van der Waals surface area contributed by atoms with Crippen molar-refractivity contribution < 1.29 is 18.3 Å². The molecular formula is C9H17N3O4S. The number of hydrogen-bond donors (Lipinski definition) is 2. The minimum Gasteiger partial charge on any atom is -0.395 e. The van der Waals surface area contributed by atoms with E-state index in [-0.39, 0.29) is 18.2 Å². The predicted molar refractivity (Wildman–Crippen MR) is 61.0 cm³/mol. The highest BCUT2D eigenvalue weighted by atomic mass is 32.2. The van der Waals surface area contributed by atoms with Gasteiger partial charge in [-0.25, -0.2) is 18.1 Å². The van der Waals surface area contributed by atoms with Crippen LogP contribution >= 0.6 is 0 Å². The summed E-state index contributed by atoms with van der Waals surface area (Å²) in [4.78, 5) is 3.92. The number of imidazole rings is 1. The van der Waals surface area contributed by atoms with Crippen molar-refractivity contribution >= 4 is 10.0 Å². The van der Waals surface area contributed by atoms with Gasteiger partial charge in [0.15, 0.2) is 5.03 Å². The Bertz CT molecular complexity index is 449. The Morgan fingerprint density at radius 1 is 1.65 bits per heavy atom. The van der Waals surface area contributed by atoms with Gasteiger partial charge in [0.25, 0.3) is 10.0 Å². The van der Waals surface area contributed by atoms with Crippen molar-refractivity contribution in [1.29, 1.82) is 0 Å². The van der Waals surface area contributed by atoms with E-state index in [1.807, 2.05) is 0 Å². The Kier molecular flexibility index (Phi) is 4.63. The average molecular weight is 263 g/mol. The summed E-state index contributed by atoms with van der Waals surface area (Å²) in [5, 5.41) is 8.93. The first-order chi connectivity index (χ1) is 7.90. The largest absolute Gasteiger partial charge is 0.395 e. The van der Waals surface area contributed by atoms with Crippen LogP contribution in [0.15, 0.2) is 11.2 Å². The fraction of sp³-hybridized carbons (Fsp3) is 0.667. The fourth-order valence-corrected chi connectivity index (χ4v) is 2.51. The van der Waals surface area contributed by atoms with Crippen LogP contribution in [0.2, 0.25) is 0 Å². The molecule has 0 spiro atoms. The topological polar surface area (TPSA) is 93.5 Å². The summed E-state index contributed by atoms with van der Waals surface area (Å²) in [6.45, 7) is 1.47. The lowest BCUT2D eigenvalue weighted by Crippen LogP contribution is -2.40. The third kappa shape index (κ3) is 3.50. The maximum atomic E-state index is 11.9. The second kappa shape index (κ2) is 5.58. The molecule has 1 heterocycles. The zero-order chi connectivity index (χ0) is 13.1. The van der Waals surface area contributed by atoms with E-state index in [9.17, 15) is 8.42 Å². The van der Waals surface area contributed by atoms with E-state index in [1.54, 1.807) is 18.5 Å². The van der Waals surface area contributed by atoms with Gasteiger partial charge in [-0.3, -0.25) is 0 Å². The first kappa shape index (κ1) is 14.1. The van der Waals surface area contributed by atoms with Crippen LogP contribution in [0.4, 0.5) is 0 Å². The summed E-state index contributed by atoms with van der Waals surface area (Å²) in [5.41, 5.74) is 0. The molecule has 0 saturated carbocycles. The molecule has 0 amide bonds. The van der Waals surface area contributed by atoms with E-state index in [1.165, 1.54) is 13.3 Å². The van der Waals surface area contributed by atoms with E-state index in [0.717, 1.165) is 0 Å². The maximum absolute atomic E-state index is 11.9. The van der Waals surface area contributed by atoms with Crippen LogP contribution in [0.25, 0.3) is 0 Å². The molecule has 98 valence electrons. The van der Waals surface area contributed by atoms with Crippen molar-refractivity contribution in [1.82, 2.24) is 14.3 Å². The Labute approximate surface area is 100 Å². The number of nitrogens with zero attached hydrogens (tertiary/aromatic N) is 2. The second-order valence-electron chi connectivity index (χ2n) is 3.69. The minimum atomic E-state index is -3.72. The number of rotatable bonds is 6. The average Bonchev–Trinajstić information content (AvgIpc) is 2.59. The predicted octanol–water partition coefficient (Wildman–Crippen LogP) is -0.986. The van der Waals surface area contributed by atoms with Gasteiger partial charge in [-0.15, -0.1) is 0 Å². The Morgan fingerprint density at radius 2 is 2.29 bits per heavy atom. The second-order valence-corrected chi connectivity index (χ2v) is 5.35. The van der Waals surface area contributed by atoms with Gasteiger partial charge in [0, 0.05) is 20.4 Å². The summed E-state index contributed by atoms with van der Waals surface area (Å²) in [5.74, 6) is 0.595. The number of ether oxygens (including phenoxy) is 1. The number of aryl methyl sites for hydroxylation is 2. The van der Waals surface area contributed by atoms with Gasteiger partial charge in [0.2, 0.25) is 0 Å². The van der Waals surface area contributed by atoms with Crippen LogP contribution in [0.1, 0.15) is 5.82 Å². The molecule has 7 nitrogen and oxygen atoms in total. The molecular weight excluding hydrogens is 246 g/mol. The van der Waals surface area contributed by atoms with Gasteiger partial charge < -0.3 is 14.4 Å². The molecule has 0 aliphatic rings. The summed E-state index contributed by atoms with van der Waals surface area (Å²) in [7, 11) is -0.577. The van der Waals surface area contributed by atoms with Crippen molar-refractivity contribution in [3.63, 3.8) is 0 Å². The first-order valence-corrected chi connectivity index (χ1v) is 6.51. The normalized spacial score (nSPS) is 13.9. The molecule has 17 heavy (non-hydrogen) atoms. The van der Waals surface area contributed by atoms with E-state index in [4.69, 9.17) is 9.84 Å². The quantitative estimate of drug-likeness (QED) is 0.687. The van der Waals surface area contributed by atoms with Crippen LogP contribution in [-0.4, -0.2) is 49.4 Å². The third-order valence-corrected chi connectivity index (χ3v) is 3.66. The molecule has 2 N–H and O–H groups in total. The van der Waals surface area contributed by atoms with Gasteiger partial charge in [0.1, 0.15) is 5.82 Å². The first-order valence-electron chi connectivity index (χ1n) is 5.02. The molecule has 1 atom stereocenters.